The lowest BCUT2D eigenvalue weighted by Crippen LogP contribution is -2.46. The van der Waals surface area contributed by atoms with Crippen molar-refractivity contribution in [2.75, 3.05) is 13.7 Å². The summed E-state index contributed by atoms with van der Waals surface area (Å²) in [6, 6.07) is 16.4. The van der Waals surface area contributed by atoms with Crippen molar-refractivity contribution < 1.29 is 14.4 Å². The lowest BCUT2D eigenvalue weighted by atomic mass is 10.1. The molecule has 2 atom stereocenters. The summed E-state index contributed by atoms with van der Waals surface area (Å²) in [6.45, 7) is 3.08. The van der Waals surface area contributed by atoms with E-state index in [9.17, 15) is 10.1 Å². The van der Waals surface area contributed by atoms with Gasteiger partial charge >= 0.3 is 0 Å². The van der Waals surface area contributed by atoms with E-state index >= 15 is 0 Å². The highest BCUT2D eigenvalue weighted by Gasteiger charge is 2.29. The van der Waals surface area contributed by atoms with E-state index in [0.29, 0.717) is 19.6 Å². The molecule has 26 heavy (non-hydrogen) atoms. The van der Waals surface area contributed by atoms with E-state index in [1.807, 2.05) is 61.5 Å². The smallest absolute Gasteiger partial charge is 0.230 e. The predicted octanol–water partition coefficient (Wildman–Crippen LogP) is 3.43. The first-order valence-electron chi connectivity index (χ1n) is 8.75. The van der Waals surface area contributed by atoms with Crippen molar-refractivity contribution in [1.82, 2.24) is 5.32 Å². The Morgan fingerprint density at radius 2 is 1.77 bits per heavy atom. The van der Waals surface area contributed by atoms with Gasteiger partial charge in [-0.15, -0.1) is 0 Å². The molecule has 140 valence electrons. The minimum Gasteiger partial charge on any atom is -0.497 e. The van der Waals surface area contributed by atoms with E-state index in [2.05, 4.69) is 5.32 Å². The Balaban J connectivity index is 1.94. The third-order valence-electron chi connectivity index (χ3n) is 4.29. The molecule has 0 heterocycles. The minimum atomic E-state index is -0.691. The molecule has 6 heteroatoms. The van der Waals surface area contributed by atoms with Crippen LogP contribution in [0.4, 0.5) is 0 Å². The number of nitro groups is 1. The Hall–Kier alpha value is -2.44. The van der Waals surface area contributed by atoms with Gasteiger partial charge in [0.25, 0.3) is 0 Å². The molecule has 0 saturated heterocycles. The Labute approximate surface area is 154 Å². The zero-order valence-corrected chi connectivity index (χ0v) is 15.3. The fourth-order valence-electron chi connectivity index (χ4n) is 2.76. The Bertz CT molecular complexity index is 661. The third-order valence-corrected chi connectivity index (χ3v) is 4.29. The molecule has 0 unspecified atom stereocenters. The number of methoxy groups -OCH3 is 1. The minimum absolute atomic E-state index is 0.225. The predicted molar refractivity (Wildman–Crippen MR) is 101 cm³/mol. The van der Waals surface area contributed by atoms with Crippen LogP contribution in [-0.4, -0.2) is 30.7 Å². The summed E-state index contributed by atoms with van der Waals surface area (Å²) in [5.74, 6) is 0.785. The van der Waals surface area contributed by atoms with Crippen LogP contribution in [0.2, 0.25) is 0 Å². The highest BCUT2D eigenvalue weighted by atomic mass is 16.6. The molecule has 0 saturated carbocycles. The van der Waals surface area contributed by atoms with Gasteiger partial charge in [0.1, 0.15) is 5.75 Å². The summed E-state index contributed by atoms with van der Waals surface area (Å²) in [4.78, 5) is 11.2. The van der Waals surface area contributed by atoms with Crippen molar-refractivity contribution >= 4 is 0 Å². The first-order valence-corrected chi connectivity index (χ1v) is 8.75. The molecular weight excluding hydrogens is 332 g/mol. The van der Waals surface area contributed by atoms with Gasteiger partial charge in [-0.05, 0) is 23.3 Å². The molecule has 1 N–H and O–H groups in total. The van der Waals surface area contributed by atoms with Gasteiger partial charge in [-0.25, -0.2) is 0 Å². The van der Waals surface area contributed by atoms with Crippen LogP contribution in [0.5, 0.6) is 5.75 Å². The first-order chi connectivity index (χ1) is 12.6. The standard InChI is InChI=1S/C20H26N2O4/c1-3-20(22(23)24)19(15-26-14-17-7-5-4-6-8-17)21-13-16-9-11-18(25-2)12-10-16/h4-12,19-21H,3,13-15H2,1-2H3/t19-,20+/m0/s1. The monoisotopic (exact) mass is 358 g/mol. The number of hydrogen-bond acceptors (Lipinski definition) is 5. The topological polar surface area (TPSA) is 73.6 Å². The van der Waals surface area contributed by atoms with E-state index in [1.54, 1.807) is 7.11 Å². The molecule has 0 amide bonds. The van der Waals surface area contributed by atoms with Crippen molar-refractivity contribution in [2.45, 2.75) is 38.6 Å². The molecule has 2 aromatic carbocycles. The third kappa shape index (κ3) is 6.13. The molecule has 0 aliphatic rings. The normalized spacial score (nSPS) is 13.2. The van der Waals surface area contributed by atoms with Crippen LogP contribution in [0.25, 0.3) is 0 Å². The number of rotatable bonds is 11. The van der Waals surface area contributed by atoms with Crippen LogP contribution >= 0.6 is 0 Å². The van der Waals surface area contributed by atoms with Crippen molar-refractivity contribution in [3.8, 4) is 5.75 Å². The number of ether oxygens (including phenoxy) is 2. The van der Waals surface area contributed by atoms with Crippen molar-refractivity contribution in [3.05, 3.63) is 75.8 Å². The molecular formula is C20H26N2O4. The van der Waals surface area contributed by atoms with Crippen molar-refractivity contribution in [1.29, 1.82) is 0 Å². The highest BCUT2D eigenvalue weighted by molar-refractivity contribution is 5.27. The zero-order valence-electron chi connectivity index (χ0n) is 15.3. The number of nitrogens with zero attached hydrogens (tertiary/aromatic N) is 1. The maximum absolute atomic E-state index is 11.4. The van der Waals surface area contributed by atoms with Crippen molar-refractivity contribution in [3.63, 3.8) is 0 Å². The van der Waals surface area contributed by atoms with Crippen LogP contribution in [0.3, 0.4) is 0 Å². The summed E-state index contributed by atoms with van der Waals surface area (Å²) < 4.78 is 10.9. The second kappa shape index (κ2) is 10.5. The SMILES string of the molecule is CC[C@H]([C@H](COCc1ccccc1)NCc1ccc(OC)cc1)[N+](=O)[O-]. The zero-order chi connectivity index (χ0) is 18.8. The Kier molecular flexibility index (Phi) is 8.05. The average molecular weight is 358 g/mol. The van der Waals surface area contributed by atoms with Gasteiger partial charge in [-0.1, -0.05) is 49.4 Å². The van der Waals surface area contributed by atoms with Gasteiger partial charge in [0.15, 0.2) is 0 Å². The summed E-state index contributed by atoms with van der Waals surface area (Å²) in [7, 11) is 1.62. The number of benzene rings is 2. The van der Waals surface area contributed by atoms with Crippen LogP contribution in [-0.2, 0) is 17.9 Å². The largest absolute Gasteiger partial charge is 0.497 e. The van der Waals surface area contributed by atoms with E-state index in [1.165, 1.54) is 0 Å². The quantitative estimate of drug-likeness (QED) is 0.492. The van der Waals surface area contributed by atoms with E-state index in [-0.39, 0.29) is 17.6 Å². The van der Waals surface area contributed by atoms with Crippen LogP contribution < -0.4 is 10.1 Å². The summed E-state index contributed by atoms with van der Waals surface area (Å²) >= 11 is 0. The van der Waals surface area contributed by atoms with Crippen LogP contribution in [0.1, 0.15) is 24.5 Å². The maximum Gasteiger partial charge on any atom is 0.230 e. The fourth-order valence-corrected chi connectivity index (χ4v) is 2.76. The lowest BCUT2D eigenvalue weighted by molar-refractivity contribution is -0.528. The van der Waals surface area contributed by atoms with Gasteiger partial charge in [-0.3, -0.25) is 10.1 Å². The molecule has 0 fully saturated rings. The fraction of sp³-hybridized carbons (Fsp3) is 0.400. The van der Waals surface area contributed by atoms with Gasteiger partial charge in [-0.2, -0.15) is 0 Å². The molecule has 0 aromatic heterocycles. The molecule has 2 aromatic rings. The maximum atomic E-state index is 11.4. The van der Waals surface area contributed by atoms with Gasteiger partial charge in [0.2, 0.25) is 6.04 Å². The summed E-state index contributed by atoms with van der Waals surface area (Å²) in [5, 5.41) is 14.7. The first kappa shape index (κ1) is 19.9. The lowest BCUT2D eigenvalue weighted by Gasteiger charge is -2.22. The Morgan fingerprint density at radius 1 is 1.08 bits per heavy atom. The molecule has 0 bridgehead atoms. The second-order valence-corrected chi connectivity index (χ2v) is 6.10. The Morgan fingerprint density at radius 3 is 2.35 bits per heavy atom. The molecule has 0 aliphatic carbocycles. The molecule has 0 aliphatic heterocycles. The second-order valence-electron chi connectivity index (χ2n) is 6.10. The number of hydrogen-bond donors (Lipinski definition) is 1. The summed E-state index contributed by atoms with van der Waals surface area (Å²) in [5.41, 5.74) is 2.09. The number of nitrogens with one attached hydrogen (secondary N) is 1. The van der Waals surface area contributed by atoms with Crippen LogP contribution in [0, 0.1) is 10.1 Å². The molecule has 6 nitrogen and oxygen atoms in total. The molecule has 0 spiro atoms. The van der Waals surface area contributed by atoms with Gasteiger partial charge in [0, 0.05) is 17.9 Å². The van der Waals surface area contributed by atoms with Gasteiger partial charge < -0.3 is 14.8 Å². The highest BCUT2D eigenvalue weighted by Crippen LogP contribution is 2.12. The van der Waals surface area contributed by atoms with E-state index in [0.717, 1.165) is 16.9 Å². The van der Waals surface area contributed by atoms with E-state index in [4.69, 9.17) is 9.47 Å². The summed E-state index contributed by atoms with van der Waals surface area (Å²) in [6.07, 6.45) is 0.446. The van der Waals surface area contributed by atoms with E-state index < -0.39 is 6.04 Å². The molecule has 0 radical (unpaired) electrons. The van der Waals surface area contributed by atoms with Crippen molar-refractivity contribution in [2.24, 2.45) is 0 Å². The average Bonchev–Trinajstić information content (AvgIpc) is 2.67. The molecule has 2 rings (SSSR count). The van der Waals surface area contributed by atoms with Crippen LogP contribution in [0.15, 0.2) is 54.6 Å². The van der Waals surface area contributed by atoms with Gasteiger partial charge in [0.05, 0.1) is 26.4 Å².